The maximum absolute atomic E-state index is 12.3. The summed E-state index contributed by atoms with van der Waals surface area (Å²) in [7, 11) is 2.93. The van der Waals surface area contributed by atoms with E-state index in [-0.39, 0.29) is 17.4 Å². The second kappa shape index (κ2) is 5.14. The molecule has 0 atom stereocenters. The maximum Gasteiger partial charge on any atom is 0.247 e. The molecule has 0 saturated heterocycles. The third-order valence-electron chi connectivity index (χ3n) is 2.44. The number of hydrogen-bond donors (Lipinski definition) is 0. The molecule has 0 aromatic carbocycles. The first-order chi connectivity index (χ1) is 8.67. The number of aryl methyl sites for hydroxylation is 1. The molecule has 2 heterocycles. The Kier molecular flexibility index (Phi) is 3.57. The number of rotatable bonds is 4. The summed E-state index contributed by atoms with van der Waals surface area (Å²) in [5.74, 6) is 0.288. The molecular formula is C12H12N2O3S. The fourth-order valence-electron chi connectivity index (χ4n) is 1.47. The lowest BCUT2D eigenvalue weighted by Gasteiger charge is -2.07. The van der Waals surface area contributed by atoms with Crippen molar-refractivity contribution >= 4 is 17.1 Å². The maximum atomic E-state index is 12.3. The molecule has 0 aliphatic carbocycles. The quantitative estimate of drug-likeness (QED) is 0.791. The van der Waals surface area contributed by atoms with Crippen LogP contribution in [0.3, 0.4) is 0 Å². The number of nitrogens with zero attached hydrogens (tertiary/aromatic N) is 2. The van der Waals surface area contributed by atoms with Crippen molar-refractivity contribution in [3.63, 3.8) is 0 Å². The Bertz CT molecular complexity index is 580. The van der Waals surface area contributed by atoms with Crippen LogP contribution in [-0.4, -0.2) is 30.0 Å². The molecule has 18 heavy (non-hydrogen) atoms. The van der Waals surface area contributed by atoms with Gasteiger partial charge < -0.3 is 9.47 Å². The summed E-state index contributed by atoms with van der Waals surface area (Å²) in [6.45, 7) is 1.88. The van der Waals surface area contributed by atoms with E-state index in [4.69, 9.17) is 9.47 Å². The second-order valence-corrected chi connectivity index (χ2v) is 4.31. The van der Waals surface area contributed by atoms with Crippen LogP contribution in [0.4, 0.5) is 0 Å². The number of ether oxygens (including phenoxy) is 2. The summed E-state index contributed by atoms with van der Waals surface area (Å²) < 4.78 is 10.0. The van der Waals surface area contributed by atoms with E-state index in [2.05, 4.69) is 9.97 Å². The average molecular weight is 264 g/mol. The van der Waals surface area contributed by atoms with Gasteiger partial charge in [0.25, 0.3) is 0 Å². The Morgan fingerprint density at radius 2 is 2.06 bits per heavy atom. The van der Waals surface area contributed by atoms with Crippen LogP contribution in [0.15, 0.2) is 17.0 Å². The number of carbonyl (C=O) groups is 1. The highest BCUT2D eigenvalue weighted by molar-refractivity contribution is 7.08. The molecule has 0 unspecified atom stereocenters. The van der Waals surface area contributed by atoms with Crippen molar-refractivity contribution in [2.75, 3.05) is 14.2 Å². The van der Waals surface area contributed by atoms with Gasteiger partial charge in [-0.15, -0.1) is 0 Å². The van der Waals surface area contributed by atoms with E-state index in [0.717, 1.165) is 5.56 Å². The number of thiophene rings is 1. The van der Waals surface area contributed by atoms with Crippen LogP contribution in [0.5, 0.6) is 11.8 Å². The van der Waals surface area contributed by atoms with Gasteiger partial charge in [0, 0.05) is 10.9 Å². The molecule has 0 aliphatic heterocycles. The van der Waals surface area contributed by atoms with Gasteiger partial charge in [-0.2, -0.15) is 16.3 Å². The summed E-state index contributed by atoms with van der Waals surface area (Å²) in [5.41, 5.74) is 1.74. The predicted molar refractivity (Wildman–Crippen MR) is 67.6 cm³/mol. The summed E-state index contributed by atoms with van der Waals surface area (Å²) in [4.78, 5) is 20.4. The zero-order valence-corrected chi connectivity index (χ0v) is 11.1. The Balaban J connectivity index is 2.45. The van der Waals surface area contributed by atoms with Crippen LogP contribution < -0.4 is 9.47 Å². The first kappa shape index (κ1) is 12.5. The topological polar surface area (TPSA) is 61.3 Å². The van der Waals surface area contributed by atoms with Crippen molar-refractivity contribution in [3.05, 3.63) is 33.8 Å². The van der Waals surface area contributed by atoms with Gasteiger partial charge in [-0.05, 0) is 17.9 Å². The first-order valence-electron chi connectivity index (χ1n) is 5.20. The van der Waals surface area contributed by atoms with Crippen molar-refractivity contribution < 1.29 is 14.3 Å². The van der Waals surface area contributed by atoms with Gasteiger partial charge in [0.15, 0.2) is 5.69 Å². The number of carbonyl (C=O) groups excluding carboxylic acids is 1. The number of methoxy groups -OCH3 is 2. The van der Waals surface area contributed by atoms with E-state index in [1.165, 1.54) is 31.8 Å². The molecule has 0 amide bonds. The van der Waals surface area contributed by atoms with Crippen LogP contribution in [0, 0.1) is 6.92 Å². The molecule has 0 saturated carbocycles. The van der Waals surface area contributed by atoms with E-state index in [1.807, 2.05) is 12.3 Å². The van der Waals surface area contributed by atoms with E-state index in [9.17, 15) is 4.79 Å². The number of ketones is 1. The molecule has 2 aromatic heterocycles. The third kappa shape index (κ3) is 2.19. The monoisotopic (exact) mass is 264 g/mol. The average Bonchev–Trinajstić information content (AvgIpc) is 2.83. The molecule has 0 aliphatic rings. The predicted octanol–water partition coefficient (Wildman–Crippen LogP) is 2.09. The van der Waals surface area contributed by atoms with Gasteiger partial charge in [0.2, 0.25) is 17.5 Å². The first-order valence-corrected chi connectivity index (χ1v) is 6.14. The Hall–Kier alpha value is -1.95. The van der Waals surface area contributed by atoms with E-state index in [1.54, 1.807) is 5.38 Å². The zero-order valence-electron chi connectivity index (χ0n) is 10.3. The van der Waals surface area contributed by atoms with E-state index >= 15 is 0 Å². The van der Waals surface area contributed by atoms with Gasteiger partial charge in [-0.25, -0.2) is 4.98 Å². The third-order valence-corrected chi connectivity index (χ3v) is 3.30. The van der Waals surface area contributed by atoms with Gasteiger partial charge in [0.1, 0.15) is 0 Å². The Labute approximate surface area is 108 Å². The lowest BCUT2D eigenvalue weighted by molar-refractivity contribution is 0.103. The molecule has 6 heteroatoms. The summed E-state index contributed by atoms with van der Waals surface area (Å²) in [5, 5.41) is 3.71. The molecule has 0 radical (unpaired) electrons. The van der Waals surface area contributed by atoms with Gasteiger partial charge in [0.05, 0.1) is 20.4 Å². The van der Waals surface area contributed by atoms with Crippen LogP contribution in [0.2, 0.25) is 0 Å². The minimum atomic E-state index is -0.194. The minimum Gasteiger partial charge on any atom is -0.480 e. The normalized spacial score (nSPS) is 10.2. The molecule has 94 valence electrons. The minimum absolute atomic E-state index is 0.171. The fraction of sp³-hybridized carbons (Fsp3) is 0.250. The fourth-order valence-corrected chi connectivity index (χ4v) is 2.30. The van der Waals surface area contributed by atoms with Crippen LogP contribution in [0.1, 0.15) is 21.6 Å². The van der Waals surface area contributed by atoms with E-state index in [0.29, 0.717) is 11.4 Å². The molecule has 0 spiro atoms. The van der Waals surface area contributed by atoms with Crippen molar-refractivity contribution in [2.45, 2.75) is 6.92 Å². The van der Waals surface area contributed by atoms with Gasteiger partial charge in [-0.3, -0.25) is 4.79 Å². The summed E-state index contributed by atoms with van der Waals surface area (Å²) in [6, 6.07) is 0. The highest BCUT2D eigenvalue weighted by atomic mass is 32.1. The van der Waals surface area contributed by atoms with Crippen molar-refractivity contribution in [1.29, 1.82) is 0 Å². The lowest BCUT2D eigenvalue weighted by atomic mass is 10.1. The smallest absolute Gasteiger partial charge is 0.247 e. The van der Waals surface area contributed by atoms with Crippen molar-refractivity contribution in [2.24, 2.45) is 0 Å². The highest BCUT2D eigenvalue weighted by Gasteiger charge is 2.20. The molecule has 0 fully saturated rings. The SMILES string of the molecule is COc1cnc(C(=O)c2cscc2C)c(OC)n1. The highest BCUT2D eigenvalue weighted by Crippen LogP contribution is 2.23. The lowest BCUT2D eigenvalue weighted by Crippen LogP contribution is -2.09. The summed E-state index contributed by atoms with van der Waals surface area (Å²) >= 11 is 1.48. The van der Waals surface area contributed by atoms with Crippen LogP contribution in [0.25, 0.3) is 0 Å². The van der Waals surface area contributed by atoms with E-state index < -0.39 is 0 Å². The van der Waals surface area contributed by atoms with Gasteiger partial charge in [-0.1, -0.05) is 0 Å². The molecular weight excluding hydrogens is 252 g/mol. The second-order valence-electron chi connectivity index (χ2n) is 3.57. The van der Waals surface area contributed by atoms with Crippen molar-refractivity contribution in [1.82, 2.24) is 9.97 Å². The molecule has 0 bridgehead atoms. The standard InChI is InChI=1S/C12H12N2O3S/c1-7-5-18-6-8(7)11(15)10-12(17-3)14-9(16-2)4-13-10/h4-6H,1-3H3. The van der Waals surface area contributed by atoms with Gasteiger partial charge >= 0.3 is 0 Å². The molecule has 0 N–H and O–H groups in total. The number of aromatic nitrogens is 2. The molecule has 2 aromatic rings. The zero-order chi connectivity index (χ0) is 13.1. The Morgan fingerprint density at radius 3 is 2.61 bits per heavy atom. The molecule has 5 nitrogen and oxygen atoms in total. The molecule has 2 rings (SSSR count). The van der Waals surface area contributed by atoms with Crippen LogP contribution >= 0.6 is 11.3 Å². The number of hydrogen-bond acceptors (Lipinski definition) is 6. The summed E-state index contributed by atoms with van der Waals surface area (Å²) in [6.07, 6.45) is 1.40. The van der Waals surface area contributed by atoms with Crippen LogP contribution in [-0.2, 0) is 0 Å². The largest absolute Gasteiger partial charge is 0.480 e. The van der Waals surface area contributed by atoms with Crippen molar-refractivity contribution in [3.8, 4) is 11.8 Å². The Morgan fingerprint density at radius 1 is 1.28 bits per heavy atom.